The van der Waals surface area contributed by atoms with Gasteiger partial charge < -0.3 is 5.32 Å². The van der Waals surface area contributed by atoms with E-state index >= 15 is 0 Å². The van der Waals surface area contributed by atoms with Crippen molar-refractivity contribution in [2.75, 3.05) is 5.32 Å². The van der Waals surface area contributed by atoms with Gasteiger partial charge in [-0.1, -0.05) is 23.4 Å². The van der Waals surface area contributed by atoms with Gasteiger partial charge in [-0.25, -0.2) is 4.98 Å². The molecule has 22 heavy (non-hydrogen) atoms. The smallest absolute Gasteiger partial charge is 0.255 e. The van der Waals surface area contributed by atoms with E-state index in [4.69, 9.17) is 11.6 Å². The van der Waals surface area contributed by atoms with Gasteiger partial charge >= 0.3 is 0 Å². The first-order valence-corrected chi connectivity index (χ1v) is 7.27. The van der Waals surface area contributed by atoms with E-state index in [0.29, 0.717) is 16.4 Å². The van der Waals surface area contributed by atoms with Crippen molar-refractivity contribution in [2.24, 2.45) is 5.41 Å². The van der Waals surface area contributed by atoms with Crippen molar-refractivity contribution in [2.45, 2.75) is 20.8 Å². The zero-order valence-corrected chi connectivity index (χ0v) is 13.5. The molecule has 1 aromatic carbocycles. The van der Waals surface area contributed by atoms with Crippen LogP contribution in [0.15, 0.2) is 42.6 Å². The topological polar surface area (TPSA) is 42.0 Å². The molecule has 112 valence electrons. The first-order chi connectivity index (χ1) is 10.3. The lowest BCUT2D eigenvalue weighted by Crippen LogP contribution is -2.11. The van der Waals surface area contributed by atoms with Gasteiger partial charge in [-0.05, 0) is 57.2 Å². The molecular formula is C18H17ClN2O. The fourth-order valence-electron chi connectivity index (χ4n) is 1.62. The summed E-state index contributed by atoms with van der Waals surface area (Å²) in [6, 6.07) is 10.5. The number of amides is 1. The minimum atomic E-state index is -0.195. The first kappa shape index (κ1) is 16.1. The summed E-state index contributed by atoms with van der Waals surface area (Å²) in [5.41, 5.74) is 2.01. The average Bonchev–Trinajstić information content (AvgIpc) is 2.47. The molecule has 1 aromatic heterocycles. The molecule has 0 spiro atoms. The first-order valence-electron chi connectivity index (χ1n) is 6.90. The Morgan fingerprint density at radius 2 is 1.82 bits per heavy atom. The maximum Gasteiger partial charge on any atom is 0.255 e. The fourth-order valence-corrected chi connectivity index (χ4v) is 1.73. The van der Waals surface area contributed by atoms with Gasteiger partial charge in [0.25, 0.3) is 5.91 Å². The van der Waals surface area contributed by atoms with Gasteiger partial charge in [0.15, 0.2) is 0 Å². The number of anilines is 1. The van der Waals surface area contributed by atoms with E-state index in [2.05, 4.69) is 42.9 Å². The third kappa shape index (κ3) is 4.91. The van der Waals surface area contributed by atoms with Gasteiger partial charge in [0.2, 0.25) is 0 Å². The van der Waals surface area contributed by atoms with Crippen LogP contribution in [0.2, 0.25) is 5.15 Å². The van der Waals surface area contributed by atoms with Crippen molar-refractivity contribution in [1.29, 1.82) is 0 Å². The summed E-state index contributed by atoms with van der Waals surface area (Å²) in [6.45, 7) is 6.17. The minimum absolute atomic E-state index is 0.0440. The number of carbonyl (C=O) groups is 1. The van der Waals surface area contributed by atoms with Crippen molar-refractivity contribution in [3.05, 3.63) is 58.9 Å². The van der Waals surface area contributed by atoms with Gasteiger partial charge in [0.1, 0.15) is 5.15 Å². The maximum atomic E-state index is 12.1. The third-order valence-corrected chi connectivity index (χ3v) is 2.94. The van der Waals surface area contributed by atoms with E-state index in [0.717, 1.165) is 5.56 Å². The molecule has 4 heteroatoms. The molecule has 0 fully saturated rings. The predicted molar refractivity (Wildman–Crippen MR) is 90.0 cm³/mol. The van der Waals surface area contributed by atoms with Crippen LogP contribution in [0, 0.1) is 17.3 Å². The highest BCUT2D eigenvalue weighted by Gasteiger charge is 2.07. The third-order valence-electron chi connectivity index (χ3n) is 2.71. The monoisotopic (exact) mass is 312 g/mol. The number of benzene rings is 1. The number of rotatable bonds is 2. The highest BCUT2D eigenvalue weighted by molar-refractivity contribution is 6.29. The van der Waals surface area contributed by atoms with E-state index in [-0.39, 0.29) is 11.3 Å². The Morgan fingerprint density at radius 1 is 1.14 bits per heavy atom. The second-order valence-corrected chi connectivity index (χ2v) is 6.29. The second-order valence-electron chi connectivity index (χ2n) is 5.90. The molecule has 0 aliphatic rings. The molecule has 0 aliphatic heterocycles. The largest absolute Gasteiger partial charge is 0.321 e. The number of nitrogens with zero attached hydrogens (tertiary/aromatic N) is 1. The Hall–Kier alpha value is -2.31. The van der Waals surface area contributed by atoms with Crippen LogP contribution < -0.4 is 5.32 Å². The van der Waals surface area contributed by atoms with Crippen molar-refractivity contribution in [3.8, 4) is 11.8 Å². The molecule has 0 atom stereocenters. The van der Waals surface area contributed by atoms with Gasteiger partial charge in [-0.15, -0.1) is 0 Å². The quantitative estimate of drug-likeness (QED) is 0.660. The minimum Gasteiger partial charge on any atom is -0.321 e. The molecule has 0 unspecified atom stereocenters. The van der Waals surface area contributed by atoms with E-state index in [1.165, 1.54) is 6.20 Å². The van der Waals surface area contributed by atoms with E-state index in [1.807, 2.05) is 12.1 Å². The summed E-state index contributed by atoms with van der Waals surface area (Å²) in [4.78, 5) is 16.0. The standard InChI is InChI=1S/C18H17ClN2O/c1-18(2,3)11-10-13-4-6-14(7-5-13)17(22)21-15-8-9-16(19)20-12-15/h4-9,12H,1-3H3,(H,21,22). The summed E-state index contributed by atoms with van der Waals surface area (Å²) in [5, 5.41) is 3.15. The molecule has 0 radical (unpaired) electrons. The molecule has 0 bridgehead atoms. The maximum absolute atomic E-state index is 12.1. The highest BCUT2D eigenvalue weighted by atomic mass is 35.5. The van der Waals surface area contributed by atoms with E-state index in [9.17, 15) is 4.79 Å². The second kappa shape index (κ2) is 6.64. The van der Waals surface area contributed by atoms with Crippen LogP contribution in [0.25, 0.3) is 0 Å². The molecule has 1 N–H and O–H groups in total. The molecule has 2 aromatic rings. The summed E-state index contributed by atoms with van der Waals surface area (Å²) in [6.07, 6.45) is 1.52. The van der Waals surface area contributed by atoms with Crippen LogP contribution in [-0.2, 0) is 0 Å². The Bertz CT molecular complexity index is 717. The number of hydrogen-bond donors (Lipinski definition) is 1. The normalized spacial score (nSPS) is 10.5. The number of carbonyl (C=O) groups excluding carboxylic acids is 1. The van der Waals surface area contributed by atoms with Crippen LogP contribution in [0.3, 0.4) is 0 Å². The van der Waals surface area contributed by atoms with E-state index < -0.39 is 0 Å². The van der Waals surface area contributed by atoms with Crippen LogP contribution in [0.5, 0.6) is 0 Å². The average molecular weight is 313 g/mol. The molecule has 0 saturated heterocycles. The SMILES string of the molecule is CC(C)(C)C#Cc1ccc(C(=O)Nc2ccc(Cl)nc2)cc1. The van der Waals surface area contributed by atoms with Gasteiger partial charge in [-0.2, -0.15) is 0 Å². The van der Waals surface area contributed by atoms with Crippen LogP contribution in [0.4, 0.5) is 5.69 Å². The van der Waals surface area contributed by atoms with Crippen LogP contribution in [0.1, 0.15) is 36.7 Å². The number of nitrogens with one attached hydrogen (secondary N) is 1. The summed E-state index contributed by atoms with van der Waals surface area (Å²) < 4.78 is 0. The zero-order chi connectivity index (χ0) is 16.2. The van der Waals surface area contributed by atoms with Crippen molar-refractivity contribution in [3.63, 3.8) is 0 Å². The van der Waals surface area contributed by atoms with Gasteiger partial charge in [0, 0.05) is 16.5 Å². The predicted octanol–water partition coefficient (Wildman–Crippen LogP) is 4.38. The molecule has 0 aliphatic carbocycles. The lowest BCUT2D eigenvalue weighted by atomic mass is 9.97. The van der Waals surface area contributed by atoms with Crippen molar-refractivity contribution >= 4 is 23.2 Å². The number of pyridine rings is 1. The highest BCUT2D eigenvalue weighted by Crippen LogP contribution is 2.13. The van der Waals surface area contributed by atoms with Crippen molar-refractivity contribution in [1.82, 2.24) is 4.98 Å². The number of aromatic nitrogens is 1. The van der Waals surface area contributed by atoms with Crippen molar-refractivity contribution < 1.29 is 4.79 Å². The molecule has 1 heterocycles. The zero-order valence-electron chi connectivity index (χ0n) is 12.8. The van der Waals surface area contributed by atoms with E-state index in [1.54, 1.807) is 24.3 Å². The Morgan fingerprint density at radius 3 is 2.36 bits per heavy atom. The number of hydrogen-bond acceptors (Lipinski definition) is 2. The van der Waals surface area contributed by atoms with Crippen LogP contribution in [-0.4, -0.2) is 10.9 Å². The molecule has 0 saturated carbocycles. The van der Waals surface area contributed by atoms with Gasteiger partial charge in [-0.3, -0.25) is 4.79 Å². The molecule has 3 nitrogen and oxygen atoms in total. The number of halogens is 1. The molecular weight excluding hydrogens is 296 g/mol. The molecule has 1 amide bonds. The Kier molecular flexibility index (Phi) is 4.85. The summed E-state index contributed by atoms with van der Waals surface area (Å²) in [7, 11) is 0. The Labute approximate surface area is 135 Å². The fraction of sp³-hybridized carbons (Fsp3) is 0.222. The summed E-state index contributed by atoms with van der Waals surface area (Å²) >= 11 is 5.71. The van der Waals surface area contributed by atoms with Gasteiger partial charge in [0.05, 0.1) is 11.9 Å². The summed E-state index contributed by atoms with van der Waals surface area (Å²) in [5.74, 6) is 6.07. The van der Waals surface area contributed by atoms with Crippen LogP contribution >= 0.6 is 11.6 Å². The lowest BCUT2D eigenvalue weighted by Gasteiger charge is -2.07. The molecule has 2 rings (SSSR count). The lowest BCUT2D eigenvalue weighted by molar-refractivity contribution is 0.102. The Balaban J connectivity index is 2.07.